The minimum Gasteiger partial charge on any atom is -0.354 e. The SMILES string of the molecule is Cc1ccc(-c2c3nc(c(-c4ccc(C)cc4)c4ccc([nH]4)c(-c4ccc(C[n+]5ccc(/C=C/c6cc[n+](Cc7ccc(-c8c9nc(c(-c%10ccc(C)cc%10)c%10ccc([nH]%10)c(-c%10ccc(C)cc%10)c%10nc(c(-c%11ccc(C)cc%11)c%11ccc8[nH]%11)C=C%10)C=C9)cc7)cc6)cc5)cc4)c4nc(c(-c5ccc(C)cc5)c5ccc2[nH]5)C=C4)C=C3)cc1. The second kappa shape index (κ2) is 30.4. The fraction of sp³-hybridized carbons (Fsp3) is 0.0741. The van der Waals surface area contributed by atoms with Crippen molar-refractivity contribution in [3.05, 3.63) is 393 Å². The zero-order valence-electron chi connectivity index (χ0n) is 66.6. The molecule has 0 saturated carbocycles. The molecule has 0 aliphatic carbocycles. The molecule has 118 heavy (non-hydrogen) atoms. The number of benzene rings is 8. The van der Waals surface area contributed by atoms with Crippen LogP contribution in [0.4, 0.5) is 0 Å². The highest BCUT2D eigenvalue weighted by atomic mass is 14.9. The second-order valence-corrected chi connectivity index (χ2v) is 31.5. The van der Waals surface area contributed by atoms with Gasteiger partial charge in [-0.05, 0) is 194 Å². The molecule has 20 rings (SSSR count). The van der Waals surface area contributed by atoms with Crippen molar-refractivity contribution < 1.29 is 9.13 Å². The molecule has 0 saturated heterocycles. The standard InChI is InChI=1S/C108H82N10/c1-67-7-25-77(26-8-67)101-85-41-45-89(109-85)103(79-29-11-69(3)12-30-79)93-49-53-97(113-93)107(98-54-50-94(114-98)104(90-46-42-86(101)110-90)80-31-13-70(4)14-32-80)83-37-21-75(22-38-83)65-117-61-57-73(58-62-117)19-20-74-59-63-118(64-60-74)66-76-23-39-84(40-24-76)108-99-55-51-95(115-99)105(81-33-15-71(5)16-34-81)91-47-43-87(111-91)102(78-27-9-68(2)10-28-78)88-44-48-92(112-88)106(96-52-56-100(108)116-96)82-35-17-72(6)18-36-82/h7-64H,65-66H2,1-6H3,(H2,109,110,111,112,113,114,115,116)/p+2. The van der Waals surface area contributed by atoms with Crippen LogP contribution in [0.25, 0.3) is 194 Å². The Morgan fingerprint density at radius 1 is 0.203 bits per heavy atom. The predicted molar refractivity (Wildman–Crippen MR) is 490 cm³/mol. The summed E-state index contributed by atoms with van der Waals surface area (Å²) in [5.41, 5.74) is 43.3. The molecule has 0 amide bonds. The van der Waals surface area contributed by atoms with Crippen molar-refractivity contribution in [3.8, 4) is 89.0 Å². The highest BCUT2D eigenvalue weighted by molar-refractivity contribution is 6.03. The Morgan fingerprint density at radius 3 is 0.534 bits per heavy atom. The van der Waals surface area contributed by atoms with E-state index in [9.17, 15) is 0 Å². The van der Waals surface area contributed by atoms with Gasteiger partial charge in [0.15, 0.2) is 37.9 Å². The van der Waals surface area contributed by atoms with Crippen LogP contribution in [0.1, 0.15) is 101 Å². The van der Waals surface area contributed by atoms with Crippen molar-refractivity contribution in [2.24, 2.45) is 0 Å². The molecule has 0 radical (unpaired) electrons. The van der Waals surface area contributed by atoms with E-state index < -0.39 is 0 Å². The zero-order valence-corrected chi connectivity index (χ0v) is 66.6. The van der Waals surface area contributed by atoms with Crippen LogP contribution < -0.4 is 9.13 Å². The molecule has 564 valence electrons. The Labute approximate surface area is 686 Å². The van der Waals surface area contributed by atoms with Crippen molar-refractivity contribution in [3.63, 3.8) is 0 Å². The van der Waals surface area contributed by atoms with E-state index in [2.05, 4.69) is 423 Å². The van der Waals surface area contributed by atoms with Gasteiger partial charge in [-0.1, -0.05) is 240 Å². The van der Waals surface area contributed by atoms with Gasteiger partial charge in [0, 0.05) is 124 Å². The predicted octanol–water partition coefficient (Wildman–Crippen LogP) is 25.7. The molecule has 10 nitrogen and oxygen atoms in total. The van der Waals surface area contributed by atoms with Gasteiger partial charge in [0.25, 0.3) is 0 Å². The summed E-state index contributed by atoms with van der Waals surface area (Å²) in [5.74, 6) is 0. The first-order valence-corrected chi connectivity index (χ1v) is 40.4. The number of rotatable bonds is 14. The number of aryl methyl sites for hydroxylation is 6. The fourth-order valence-electron chi connectivity index (χ4n) is 16.7. The lowest BCUT2D eigenvalue weighted by Crippen LogP contribution is -2.33. The maximum atomic E-state index is 5.59. The molecule has 8 aromatic heterocycles. The van der Waals surface area contributed by atoms with Gasteiger partial charge in [0.05, 0.1) is 45.6 Å². The average molecular weight is 1520 g/mol. The fourth-order valence-corrected chi connectivity index (χ4v) is 16.7. The summed E-state index contributed by atoms with van der Waals surface area (Å²) in [6.45, 7) is 14.2. The monoisotopic (exact) mass is 1520 g/mol. The second-order valence-electron chi connectivity index (χ2n) is 31.5. The number of nitrogens with one attached hydrogen (secondary N) is 4. The number of aromatic amines is 4. The van der Waals surface area contributed by atoms with Gasteiger partial charge in [-0.15, -0.1) is 0 Å². The molecule has 0 unspecified atom stereocenters. The lowest BCUT2D eigenvalue weighted by molar-refractivity contribution is -0.688. The van der Waals surface area contributed by atoms with Gasteiger partial charge in [-0.25, -0.2) is 29.1 Å². The summed E-state index contributed by atoms with van der Waals surface area (Å²) in [6, 6.07) is 96.7. The molecule has 4 aliphatic rings. The Morgan fingerprint density at radius 2 is 0.364 bits per heavy atom. The summed E-state index contributed by atoms with van der Waals surface area (Å²) < 4.78 is 4.47. The number of hydrogen-bond donors (Lipinski definition) is 4. The van der Waals surface area contributed by atoms with Crippen molar-refractivity contribution in [1.82, 2.24) is 39.9 Å². The Hall–Kier alpha value is -15.0. The van der Waals surface area contributed by atoms with Crippen molar-refractivity contribution >= 4 is 105 Å². The first kappa shape index (κ1) is 72.0. The highest BCUT2D eigenvalue weighted by Gasteiger charge is 2.24. The minimum atomic E-state index is 0.703. The molecule has 12 heterocycles. The van der Waals surface area contributed by atoms with Crippen LogP contribution in [0.5, 0.6) is 0 Å². The number of pyridine rings is 2. The van der Waals surface area contributed by atoms with E-state index in [1.54, 1.807) is 0 Å². The van der Waals surface area contributed by atoms with Gasteiger partial charge in [-0.3, -0.25) is 0 Å². The van der Waals surface area contributed by atoms with Crippen molar-refractivity contribution in [2.75, 3.05) is 0 Å². The molecule has 4 aliphatic heterocycles. The van der Waals surface area contributed by atoms with Crippen LogP contribution in [0, 0.1) is 41.5 Å². The molecule has 16 aromatic rings. The van der Waals surface area contributed by atoms with Gasteiger partial charge in [-0.2, -0.15) is 0 Å². The van der Waals surface area contributed by atoms with Crippen LogP contribution >= 0.6 is 0 Å². The topological polar surface area (TPSA) is 122 Å². The van der Waals surface area contributed by atoms with Crippen LogP contribution in [-0.2, 0) is 13.1 Å². The van der Waals surface area contributed by atoms with Gasteiger partial charge >= 0.3 is 0 Å². The summed E-state index contributed by atoms with van der Waals surface area (Å²) >= 11 is 0. The average Bonchev–Trinajstić information content (AvgIpc) is 1.61. The number of nitrogens with zero attached hydrogens (tertiary/aromatic N) is 6. The van der Waals surface area contributed by atoms with E-state index in [-0.39, 0.29) is 0 Å². The normalized spacial score (nSPS) is 12.2. The Balaban J connectivity index is 0.581. The van der Waals surface area contributed by atoms with Crippen LogP contribution in [0.15, 0.2) is 292 Å². The maximum absolute atomic E-state index is 5.59. The molecule has 0 spiro atoms. The van der Waals surface area contributed by atoms with Crippen molar-refractivity contribution in [2.45, 2.75) is 54.6 Å². The lowest BCUT2D eigenvalue weighted by atomic mass is 10.0. The molecule has 0 atom stereocenters. The highest BCUT2D eigenvalue weighted by Crippen LogP contribution is 2.43. The molecular weight excluding hydrogens is 1440 g/mol. The Kier molecular flexibility index (Phi) is 18.5. The third-order valence-corrected chi connectivity index (χ3v) is 23.1. The molecule has 4 N–H and O–H groups in total. The first-order chi connectivity index (χ1) is 57.8. The zero-order chi connectivity index (χ0) is 79.5. The van der Waals surface area contributed by atoms with E-state index in [0.29, 0.717) is 13.1 Å². The third kappa shape index (κ3) is 14.3. The molecular formula is C108H84N10+2. The largest absolute Gasteiger partial charge is 0.354 e. The van der Waals surface area contributed by atoms with Crippen LogP contribution in [-0.4, -0.2) is 39.9 Å². The van der Waals surface area contributed by atoms with E-state index in [0.717, 1.165) is 190 Å². The van der Waals surface area contributed by atoms with E-state index in [1.807, 2.05) is 0 Å². The maximum Gasteiger partial charge on any atom is 0.173 e. The minimum absolute atomic E-state index is 0.703. The number of aromatic nitrogens is 10. The number of fused-ring (bicyclic) bond motifs is 16. The lowest BCUT2D eigenvalue weighted by Gasteiger charge is -2.08. The van der Waals surface area contributed by atoms with E-state index in [1.165, 1.54) is 44.5 Å². The van der Waals surface area contributed by atoms with E-state index >= 15 is 0 Å². The number of H-pyrrole nitrogens is 4. The van der Waals surface area contributed by atoms with Gasteiger partial charge < -0.3 is 19.9 Å². The first-order valence-electron chi connectivity index (χ1n) is 40.4. The number of hydrogen-bond acceptors (Lipinski definition) is 4. The molecule has 16 bridgehead atoms. The quantitative estimate of drug-likeness (QED) is 0.0810. The molecule has 10 heteroatoms. The smallest absolute Gasteiger partial charge is 0.173 e. The van der Waals surface area contributed by atoms with E-state index in [4.69, 9.17) is 19.9 Å². The van der Waals surface area contributed by atoms with Crippen molar-refractivity contribution in [1.29, 1.82) is 0 Å². The van der Waals surface area contributed by atoms with Gasteiger partial charge in [0.2, 0.25) is 0 Å². The third-order valence-electron chi connectivity index (χ3n) is 23.1. The molecule has 8 aromatic carbocycles. The van der Waals surface area contributed by atoms with Gasteiger partial charge in [0.1, 0.15) is 0 Å². The summed E-state index contributed by atoms with van der Waals surface area (Å²) in [6.07, 6.45) is 30.4. The summed E-state index contributed by atoms with van der Waals surface area (Å²) in [4.78, 5) is 37.9. The van der Waals surface area contributed by atoms with Crippen LogP contribution in [0.3, 0.4) is 0 Å². The summed E-state index contributed by atoms with van der Waals surface area (Å²) in [5, 5.41) is 0. The summed E-state index contributed by atoms with van der Waals surface area (Å²) in [7, 11) is 0. The molecule has 0 fully saturated rings. The van der Waals surface area contributed by atoms with Crippen LogP contribution in [0.2, 0.25) is 0 Å². The Bertz CT molecular complexity index is 6650.